The molecular formula is C15H12BrNO4S. The third kappa shape index (κ3) is 3.86. The van der Waals surface area contributed by atoms with Crippen LogP contribution in [0.5, 0.6) is 0 Å². The summed E-state index contributed by atoms with van der Waals surface area (Å²) in [5.41, 5.74) is 1.17. The van der Waals surface area contributed by atoms with Crippen LogP contribution >= 0.6 is 27.7 Å². The topological polar surface area (TPSA) is 69.4 Å². The van der Waals surface area contributed by atoms with Crippen LogP contribution in [0.15, 0.2) is 51.8 Å². The lowest BCUT2D eigenvalue weighted by atomic mass is 10.2. The molecule has 0 amide bonds. The van der Waals surface area contributed by atoms with Crippen molar-refractivity contribution in [3.8, 4) is 0 Å². The Kier molecular flexibility index (Phi) is 5.57. The van der Waals surface area contributed by atoms with Crippen molar-refractivity contribution in [2.75, 3.05) is 7.11 Å². The van der Waals surface area contributed by atoms with Gasteiger partial charge in [0.1, 0.15) is 0 Å². The van der Waals surface area contributed by atoms with E-state index in [9.17, 15) is 14.9 Å². The van der Waals surface area contributed by atoms with Gasteiger partial charge in [-0.1, -0.05) is 18.2 Å². The van der Waals surface area contributed by atoms with Crippen LogP contribution in [-0.4, -0.2) is 18.0 Å². The summed E-state index contributed by atoms with van der Waals surface area (Å²) in [7, 11) is 1.32. The van der Waals surface area contributed by atoms with Crippen molar-refractivity contribution in [3.63, 3.8) is 0 Å². The van der Waals surface area contributed by atoms with Crippen molar-refractivity contribution in [2.24, 2.45) is 0 Å². The smallest absolute Gasteiger partial charge is 0.337 e. The number of benzene rings is 2. The second-order valence-electron chi connectivity index (χ2n) is 4.31. The van der Waals surface area contributed by atoms with Gasteiger partial charge in [-0.2, -0.15) is 0 Å². The largest absolute Gasteiger partial charge is 0.465 e. The van der Waals surface area contributed by atoms with Crippen LogP contribution in [0.25, 0.3) is 0 Å². The van der Waals surface area contributed by atoms with Crippen LogP contribution in [0, 0.1) is 10.1 Å². The minimum Gasteiger partial charge on any atom is -0.465 e. The van der Waals surface area contributed by atoms with Crippen LogP contribution < -0.4 is 0 Å². The summed E-state index contributed by atoms with van der Waals surface area (Å²) in [6.07, 6.45) is 0. The Morgan fingerprint density at radius 2 is 2.05 bits per heavy atom. The fourth-order valence-corrected chi connectivity index (χ4v) is 3.39. The number of carbonyl (C=O) groups is 1. The predicted octanol–water partition coefficient (Wildman–Crippen LogP) is 4.44. The van der Waals surface area contributed by atoms with E-state index in [1.807, 2.05) is 0 Å². The summed E-state index contributed by atoms with van der Waals surface area (Å²) in [5, 5.41) is 11.0. The normalized spacial score (nSPS) is 10.3. The Labute approximate surface area is 140 Å². The Bertz CT molecular complexity index is 720. The standard InChI is InChI=1S/C15H12BrNO4S/c1-21-15(18)10-6-7-12(16)14(8-10)22-9-11-4-2-3-5-13(11)17(19)20/h2-8H,9H2,1H3. The van der Waals surface area contributed by atoms with Crippen molar-refractivity contribution < 1.29 is 14.5 Å². The van der Waals surface area contributed by atoms with E-state index >= 15 is 0 Å². The molecule has 0 aliphatic heterocycles. The van der Waals surface area contributed by atoms with E-state index in [0.717, 1.165) is 9.37 Å². The molecule has 5 nitrogen and oxygen atoms in total. The molecule has 0 aliphatic rings. The van der Waals surface area contributed by atoms with Gasteiger partial charge in [-0.05, 0) is 34.1 Å². The molecule has 2 aromatic carbocycles. The number of hydrogen-bond acceptors (Lipinski definition) is 5. The highest BCUT2D eigenvalue weighted by molar-refractivity contribution is 9.10. The Hall–Kier alpha value is -1.86. The number of methoxy groups -OCH3 is 1. The lowest BCUT2D eigenvalue weighted by Gasteiger charge is -2.07. The molecule has 0 spiro atoms. The fourth-order valence-electron chi connectivity index (χ4n) is 1.83. The number of nitro groups is 1. The number of halogens is 1. The molecule has 0 saturated carbocycles. The summed E-state index contributed by atoms with van der Waals surface area (Å²) >= 11 is 4.83. The summed E-state index contributed by atoms with van der Waals surface area (Å²) in [6, 6.07) is 11.7. The van der Waals surface area contributed by atoms with Gasteiger partial charge in [-0.3, -0.25) is 10.1 Å². The first-order valence-corrected chi connectivity index (χ1v) is 8.03. The molecule has 0 aromatic heterocycles. The molecule has 0 heterocycles. The lowest BCUT2D eigenvalue weighted by molar-refractivity contribution is -0.385. The molecule has 0 fully saturated rings. The van der Waals surface area contributed by atoms with Crippen molar-refractivity contribution in [1.29, 1.82) is 0 Å². The Balaban J connectivity index is 2.22. The van der Waals surface area contributed by atoms with Crippen molar-refractivity contribution >= 4 is 39.3 Å². The van der Waals surface area contributed by atoms with Gasteiger partial charge in [0.25, 0.3) is 5.69 Å². The van der Waals surface area contributed by atoms with Gasteiger partial charge in [0.05, 0.1) is 17.6 Å². The first-order valence-electron chi connectivity index (χ1n) is 6.26. The maximum atomic E-state index is 11.6. The second-order valence-corrected chi connectivity index (χ2v) is 6.18. The molecule has 0 N–H and O–H groups in total. The van der Waals surface area contributed by atoms with E-state index < -0.39 is 10.9 Å². The molecule has 2 rings (SSSR count). The van der Waals surface area contributed by atoms with Gasteiger partial charge >= 0.3 is 5.97 Å². The first kappa shape index (κ1) is 16.5. The van der Waals surface area contributed by atoms with E-state index in [1.165, 1.54) is 24.9 Å². The third-order valence-corrected chi connectivity index (χ3v) is 4.98. The summed E-state index contributed by atoms with van der Waals surface area (Å²) < 4.78 is 5.51. The number of nitrogens with zero attached hydrogens (tertiary/aromatic N) is 1. The monoisotopic (exact) mass is 381 g/mol. The van der Waals surface area contributed by atoms with Gasteiger partial charge in [0.2, 0.25) is 0 Å². The molecule has 0 unspecified atom stereocenters. The van der Waals surface area contributed by atoms with Crippen molar-refractivity contribution in [2.45, 2.75) is 10.6 Å². The summed E-state index contributed by atoms with van der Waals surface area (Å²) in [4.78, 5) is 23.0. The number of nitro benzene ring substituents is 1. The summed E-state index contributed by atoms with van der Waals surface area (Å²) in [5.74, 6) is 0.0143. The van der Waals surface area contributed by atoms with Crippen molar-refractivity contribution in [1.82, 2.24) is 0 Å². The number of hydrogen-bond donors (Lipinski definition) is 0. The number of ether oxygens (including phenoxy) is 1. The zero-order chi connectivity index (χ0) is 16.1. The maximum absolute atomic E-state index is 11.6. The Morgan fingerprint density at radius 3 is 2.73 bits per heavy atom. The summed E-state index contributed by atoms with van der Waals surface area (Å²) in [6.45, 7) is 0. The van der Waals surface area contributed by atoms with Gasteiger partial charge in [-0.15, -0.1) is 11.8 Å². The van der Waals surface area contributed by atoms with Crippen LogP contribution in [0.2, 0.25) is 0 Å². The van der Waals surface area contributed by atoms with Gasteiger partial charge in [0.15, 0.2) is 0 Å². The second kappa shape index (κ2) is 7.42. The number of thioether (sulfide) groups is 1. The van der Waals surface area contributed by atoms with E-state index in [-0.39, 0.29) is 5.69 Å². The number of carbonyl (C=O) groups excluding carboxylic acids is 1. The molecule has 0 atom stereocenters. The van der Waals surface area contributed by atoms with Crippen LogP contribution in [0.1, 0.15) is 15.9 Å². The predicted molar refractivity (Wildman–Crippen MR) is 88.1 cm³/mol. The SMILES string of the molecule is COC(=O)c1ccc(Br)c(SCc2ccccc2[N+](=O)[O-])c1. The van der Waals surface area contributed by atoms with Crippen LogP contribution in [0.4, 0.5) is 5.69 Å². The average molecular weight is 382 g/mol. The number of para-hydroxylation sites is 1. The molecule has 2 aromatic rings. The third-order valence-electron chi connectivity index (χ3n) is 2.92. The number of rotatable bonds is 5. The van der Waals surface area contributed by atoms with Crippen LogP contribution in [-0.2, 0) is 10.5 Å². The van der Waals surface area contributed by atoms with Gasteiger partial charge in [0, 0.05) is 26.8 Å². The fraction of sp³-hybridized carbons (Fsp3) is 0.133. The molecule has 0 aliphatic carbocycles. The van der Waals surface area contributed by atoms with E-state index in [0.29, 0.717) is 16.9 Å². The zero-order valence-electron chi connectivity index (χ0n) is 11.6. The minimum atomic E-state index is -0.417. The average Bonchev–Trinajstić information content (AvgIpc) is 2.53. The maximum Gasteiger partial charge on any atom is 0.337 e. The number of esters is 1. The van der Waals surface area contributed by atoms with E-state index in [2.05, 4.69) is 15.9 Å². The molecule has 0 bridgehead atoms. The van der Waals surface area contributed by atoms with Crippen LogP contribution in [0.3, 0.4) is 0 Å². The van der Waals surface area contributed by atoms with E-state index in [1.54, 1.807) is 36.4 Å². The van der Waals surface area contributed by atoms with Crippen molar-refractivity contribution in [3.05, 3.63) is 68.2 Å². The highest BCUT2D eigenvalue weighted by atomic mass is 79.9. The van der Waals surface area contributed by atoms with Gasteiger partial charge < -0.3 is 4.74 Å². The first-order chi connectivity index (χ1) is 10.5. The molecule has 7 heteroatoms. The van der Waals surface area contributed by atoms with E-state index in [4.69, 9.17) is 4.74 Å². The molecule has 22 heavy (non-hydrogen) atoms. The molecule has 0 saturated heterocycles. The lowest BCUT2D eigenvalue weighted by Crippen LogP contribution is -2.01. The quantitative estimate of drug-likeness (QED) is 0.331. The zero-order valence-corrected chi connectivity index (χ0v) is 14.0. The van der Waals surface area contributed by atoms with Gasteiger partial charge in [-0.25, -0.2) is 4.79 Å². The Morgan fingerprint density at radius 1 is 1.32 bits per heavy atom. The minimum absolute atomic E-state index is 0.0928. The molecule has 0 radical (unpaired) electrons. The highest BCUT2D eigenvalue weighted by Gasteiger charge is 2.14. The molecule has 114 valence electrons. The molecular weight excluding hydrogens is 370 g/mol. The highest BCUT2D eigenvalue weighted by Crippen LogP contribution is 2.33.